The van der Waals surface area contributed by atoms with Crippen molar-refractivity contribution in [2.45, 2.75) is 34.1 Å². The molecule has 0 aromatic carbocycles. The quantitative estimate of drug-likeness (QED) is 0.555. The molecule has 0 N–H and O–H groups in total. The minimum Gasteiger partial charge on any atom is -0.126 e. The highest BCUT2D eigenvalue weighted by molar-refractivity contribution is 6.18. The summed E-state index contributed by atoms with van der Waals surface area (Å²) in [5.74, 6) is 3.04. The lowest BCUT2D eigenvalue weighted by molar-refractivity contribution is 0.292. The van der Waals surface area contributed by atoms with E-state index in [2.05, 4.69) is 27.7 Å². The maximum atomic E-state index is 5.75. The molecule has 0 saturated heterocycles. The third kappa shape index (κ3) is 2.92. The first kappa shape index (κ1) is 10.3. The van der Waals surface area contributed by atoms with Gasteiger partial charge in [-0.3, -0.25) is 0 Å². The molecule has 0 aromatic heterocycles. The van der Waals surface area contributed by atoms with Crippen molar-refractivity contribution in [2.75, 3.05) is 5.88 Å². The molecule has 3 unspecified atom stereocenters. The number of rotatable bonds is 4. The van der Waals surface area contributed by atoms with Gasteiger partial charge in [0.25, 0.3) is 0 Å². The standard InChI is InChI=1S/C9H19Cl/c1-5-7(2)9(4)8(3)6-10/h7-9H,5-6H2,1-4H3. The van der Waals surface area contributed by atoms with Crippen molar-refractivity contribution in [3.05, 3.63) is 0 Å². The topological polar surface area (TPSA) is 0 Å². The van der Waals surface area contributed by atoms with Crippen LogP contribution in [0, 0.1) is 17.8 Å². The van der Waals surface area contributed by atoms with Crippen LogP contribution in [0.3, 0.4) is 0 Å². The molecule has 3 atom stereocenters. The molecular formula is C9H19Cl. The molecule has 0 nitrogen and oxygen atoms in total. The monoisotopic (exact) mass is 162 g/mol. The summed E-state index contributed by atoms with van der Waals surface area (Å²) in [5, 5.41) is 0. The zero-order valence-electron chi connectivity index (χ0n) is 7.52. The Hall–Kier alpha value is 0.290. The van der Waals surface area contributed by atoms with Crippen LogP contribution in [-0.4, -0.2) is 5.88 Å². The normalized spacial score (nSPS) is 20.1. The van der Waals surface area contributed by atoms with E-state index in [1.54, 1.807) is 0 Å². The molecule has 0 rings (SSSR count). The number of alkyl halides is 1. The van der Waals surface area contributed by atoms with Gasteiger partial charge in [0.15, 0.2) is 0 Å². The van der Waals surface area contributed by atoms with E-state index < -0.39 is 0 Å². The van der Waals surface area contributed by atoms with Crippen molar-refractivity contribution in [3.8, 4) is 0 Å². The molecule has 0 bridgehead atoms. The van der Waals surface area contributed by atoms with E-state index in [1.807, 2.05) is 0 Å². The van der Waals surface area contributed by atoms with Gasteiger partial charge in [0, 0.05) is 5.88 Å². The van der Waals surface area contributed by atoms with E-state index in [1.165, 1.54) is 6.42 Å². The average molecular weight is 163 g/mol. The molecule has 62 valence electrons. The molecule has 0 aliphatic heterocycles. The van der Waals surface area contributed by atoms with Gasteiger partial charge in [-0.2, -0.15) is 0 Å². The third-order valence-corrected chi connectivity index (χ3v) is 3.17. The largest absolute Gasteiger partial charge is 0.126 e. The van der Waals surface area contributed by atoms with Gasteiger partial charge in [-0.05, 0) is 17.8 Å². The van der Waals surface area contributed by atoms with Gasteiger partial charge in [-0.15, -0.1) is 11.6 Å². The van der Waals surface area contributed by atoms with Gasteiger partial charge in [-0.25, -0.2) is 0 Å². The fourth-order valence-electron chi connectivity index (χ4n) is 1.07. The Bertz CT molecular complexity index is 70.8. The van der Waals surface area contributed by atoms with Crippen LogP contribution in [0.2, 0.25) is 0 Å². The van der Waals surface area contributed by atoms with Crippen molar-refractivity contribution < 1.29 is 0 Å². The molecule has 0 spiro atoms. The Morgan fingerprint density at radius 2 is 1.60 bits per heavy atom. The Morgan fingerprint density at radius 3 is 1.90 bits per heavy atom. The van der Waals surface area contributed by atoms with Crippen LogP contribution in [0.25, 0.3) is 0 Å². The van der Waals surface area contributed by atoms with E-state index >= 15 is 0 Å². The summed E-state index contributed by atoms with van der Waals surface area (Å²) in [6, 6.07) is 0. The minimum atomic E-state index is 0.664. The fourth-order valence-corrected chi connectivity index (χ4v) is 1.35. The van der Waals surface area contributed by atoms with E-state index in [-0.39, 0.29) is 0 Å². The fraction of sp³-hybridized carbons (Fsp3) is 1.00. The summed E-state index contributed by atoms with van der Waals surface area (Å²) in [4.78, 5) is 0. The summed E-state index contributed by atoms with van der Waals surface area (Å²) in [5.41, 5.74) is 0. The maximum Gasteiger partial charge on any atom is 0.0251 e. The lowest BCUT2D eigenvalue weighted by atomic mass is 9.85. The van der Waals surface area contributed by atoms with E-state index in [0.29, 0.717) is 5.92 Å². The van der Waals surface area contributed by atoms with Crippen LogP contribution in [0.5, 0.6) is 0 Å². The van der Waals surface area contributed by atoms with Crippen LogP contribution >= 0.6 is 11.6 Å². The summed E-state index contributed by atoms with van der Waals surface area (Å²) in [6.07, 6.45) is 1.27. The summed E-state index contributed by atoms with van der Waals surface area (Å²) in [7, 11) is 0. The Labute approximate surface area is 70.0 Å². The van der Waals surface area contributed by atoms with Crippen molar-refractivity contribution in [1.82, 2.24) is 0 Å². The van der Waals surface area contributed by atoms with Crippen molar-refractivity contribution >= 4 is 11.6 Å². The number of halogens is 1. The highest BCUT2D eigenvalue weighted by atomic mass is 35.5. The second kappa shape index (κ2) is 5.01. The van der Waals surface area contributed by atoms with Gasteiger partial charge in [0.2, 0.25) is 0 Å². The summed E-state index contributed by atoms with van der Waals surface area (Å²) >= 11 is 5.75. The molecule has 0 aliphatic rings. The number of hydrogen-bond acceptors (Lipinski definition) is 0. The summed E-state index contributed by atoms with van der Waals surface area (Å²) < 4.78 is 0. The van der Waals surface area contributed by atoms with Gasteiger partial charge in [0.1, 0.15) is 0 Å². The van der Waals surface area contributed by atoms with Gasteiger partial charge in [-0.1, -0.05) is 34.1 Å². The molecule has 0 amide bonds. The zero-order chi connectivity index (χ0) is 8.15. The van der Waals surface area contributed by atoms with Crippen LogP contribution in [-0.2, 0) is 0 Å². The Morgan fingerprint density at radius 1 is 1.10 bits per heavy atom. The summed E-state index contributed by atoms with van der Waals surface area (Å²) in [6.45, 7) is 9.06. The zero-order valence-corrected chi connectivity index (χ0v) is 8.28. The second-order valence-electron chi connectivity index (χ2n) is 3.38. The van der Waals surface area contributed by atoms with Gasteiger partial charge >= 0.3 is 0 Å². The predicted octanol–water partition coefficient (Wildman–Crippen LogP) is 3.54. The molecule has 0 fully saturated rings. The first-order valence-electron chi connectivity index (χ1n) is 4.19. The molecule has 0 saturated carbocycles. The molecule has 10 heavy (non-hydrogen) atoms. The molecule has 0 aliphatic carbocycles. The molecule has 1 heteroatoms. The lowest BCUT2D eigenvalue weighted by Gasteiger charge is -2.23. The van der Waals surface area contributed by atoms with Crippen LogP contribution < -0.4 is 0 Å². The predicted molar refractivity (Wildman–Crippen MR) is 48.5 cm³/mol. The molecule has 0 radical (unpaired) electrons. The highest BCUT2D eigenvalue weighted by Gasteiger charge is 2.16. The first-order valence-corrected chi connectivity index (χ1v) is 4.72. The van der Waals surface area contributed by atoms with Gasteiger partial charge in [0.05, 0.1) is 0 Å². The highest BCUT2D eigenvalue weighted by Crippen LogP contribution is 2.23. The lowest BCUT2D eigenvalue weighted by Crippen LogP contribution is -2.16. The van der Waals surface area contributed by atoms with Crippen molar-refractivity contribution in [3.63, 3.8) is 0 Å². The van der Waals surface area contributed by atoms with Crippen LogP contribution in [0.4, 0.5) is 0 Å². The van der Waals surface area contributed by atoms with E-state index in [9.17, 15) is 0 Å². The smallest absolute Gasteiger partial charge is 0.0251 e. The Kier molecular flexibility index (Phi) is 5.15. The Balaban J connectivity index is 3.69. The minimum absolute atomic E-state index is 0.664. The molecule has 0 aromatic rings. The molecule has 0 heterocycles. The first-order chi connectivity index (χ1) is 4.63. The number of hydrogen-bond donors (Lipinski definition) is 0. The van der Waals surface area contributed by atoms with Crippen LogP contribution in [0.1, 0.15) is 34.1 Å². The van der Waals surface area contributed by atoms with E-state index in [0.717, 1.165) is 17.7 Å². The molecular weight excluding hydrogens is 144 g/mol. The van der Waals surface area contributed by atoms with Crippen molar-refractivity contribution in [2.24, 2.45) is 17.8 Å². The average Bonchev–Trinajstić information content (AvgIpc) is 2.00. The third-order valence-electron chi connectivity index (χ3n) is 2.68. The maximum absolute atomic E-state index is 5.75. The second-order valence-corrected chi connectivity index (χ2v) is 3.68. The van der Waals surface area contributed by atoms with Crippen LogP contribution in [0.15, 0.2) is 0 Å². The van der Waals surface area contributed by atoms with Crippen molar-refractivity contribution in [1.29, 1.82) is 0 Å². The SMILES string of the molecule is CCC(C)C(C)C(C)CCl. The van der Waals surface area contributed by atoms with Gasteiger partial charge < -0.3 is 0 Å². The van der Waals surface area contributed by atoms with E-state index in [4.69, 9.17) is 11.6 Å².